The predicted molar refractivity (Wildman–Crippen MR) is 128 cm³/mol. The third kappa shape index (κ3) is 4.13. The van der Waals surface area contributed by atoms with Crippen LogP contribution in [-0.2, 0) is 17.6 Å². The minimum atomic E-state index is -0.418. The lowest BCUT2D eigenvalue weighted by molar-refractivity contribution is -0.117. The average molecular weight is 468 g/mol. The largest absolute Gasteiger partial charge is 0.292 e. The summed E-state index contributed by atoms with van der Waals surface area (Å²) >= 11 is 2.88. The Morgan fingerprint density at radius 1 is 1.09 bits per heavy atom. The lowest BCUT2D eigenvalue weighted by Crippen LogP contribution is -2.32. The molecule has 166 valence electrons. The van der Waals surface area contributed by atoms with E-state index >= 15 is 0 Å². The van der Waals surface area contributed by atoms with Gasteiger partial charge in [0.2, 0.25) is 5.91 Å². The van der Waals surface area contributed by atoms with Crippen molar-refractivity contribution in [2.24, 2.45) is 0 Å². The highest BCUT2D eigenvalue weighted by molar-refractivity contribution is 7.99. The molecule has 2 amide bonds. The normalized spacial score (nSPS) is 16.2. The van der Waals surface area contributed by atoms with Gasteiger partial charge in [-0.15, -0.1) is 11.3 Å². The van der Waals surface area contributed by atoms with E-state index in [2.05, 4.69) is 5.32 Å². The minimum absolute atomic E-state index is 0.0360. The Morgan fingerprint density at radius 3 is 2.62 bits per heavy atom. The smallest absolute Gasteiger partial charge is 0.263 e. The number of nitrogens with one attached hydrogen (secondary N) is 1. The number of benzene rings is 1. The molecule has 2 aliphatic rings. The van der Waals surface area contributed by atoms with Gasteiger partial charge in [0, 0.05) is 16.5 Å². The summed E-state index contributed by atoms with van der Waals surface area (Å²) in [4.78, 5) is 45.3. The second-order valence-corrected chi connectivity index (χ2v) is 10.5. The van der Waals surface area contributed by atoms with Gasteiger partial charge in [-0.05, 0) is 56.2 Å². The van der Waals surface area contributed by atoms with Crippen LogP contribution < -0.4 is 10.9 Å². The molecule has 32 heavy (non-hydrogen) atoms. The van der Waals surface area contributed by atoms with Crippen molar-refractivity contribution >= 4 is 45.1 Å². The molecule has 2 heterocycles. The number of rotatable bonds is 5. The van der Waals surface area contributed by atoms with E-state index in [0.29, 0.717) is 10.7 Å². The molecule has 0 saturated heterocycles. The topological polar surface area (TPSA) is 81.1 Å². The van der Waals surface area contributed by atoms with Crippen LogP contribution in [0.3, 0.4) is 0 Å². The van der Waals surface area contributed by atoms with Crippen molar-refractivity contribution in [3.8, 4) is 0 Å². The van der Waals surface area contributed by atoms with Gasteiger partial charge in [0.05, 0.1) is 11.1 Å². The van der Waals surface area contributed by atoms with Gasteiger partial charge in [-0.1, -0.05) is 42.8 Å². The molecule has 0 bridgehead atoms. The molecule has 1 saturated carbocycles. The van der Waals surface area contributed by atoms with E-state index in [1.54, 1.807) is 35.6 Å². The summed E-state index contributed by atoms with van der Waals surface area (Å²) in [6, 6.07) is 8.81. The molecule has 0 atom stereocenters. The molecule has 2 aromatic heterocycles. The van der Waals surface area contributed by atoms with Gasteiger partial charge in [0.1, 0.15) is 4.83 Å². The molecule has 3 aromatic rings. The molecule has 0 aliphatic heterocycles. The molecule has 0 spiro atoms. The number of nitrogens with zero attached hydrogens (tertiary/aromatic N) is 2. The van der Waals surface area contributed by atoms with Gasteiger partial charge in [-0.25, -0.2) is 4.98 Å². The average Bonchev–Trinajstić information content (AvgIpc) is 3.46. The Labute approximate surface area is 194 Å². The molecule has 1 N–H and O–H groups in total. The number of hydrogen-bond acceptors (Lipinski definition) is 6. The highest BCUT2D eigenvalue weighted by atomic mass is 32.2. The number of carbonyl (C=O) groups is 2. The second kappa shape index (κ2) is 9.19. The van der Waals surface area contributed by atoms with Crippen molar-refractivity contribution in [2.75, 3.05) is 5.75 Å². The zero-order valence-corrected chi connectivity index (χ0v) is 19.4. The standard InChI is InChI=1S/C24H25N3O3S2/c28-19(25-21(29)15-8-2-1-3-9-15)14-31-24-26-22-20(17-12-6-7-13-18(17)32-22)23(30)27(24)16-10-4-5-11-16/h1-3,8-9,16H,4-7,10-14H2,(H,25,28,29). The fraction of sp³-hybridized carbons (Fsp3) is 0.417. The van der Waals surface area contributed by atoms with E-state index < -0.39 is 5.91 Å². The van der Waals surface area contributed by atoms with E-state index in [4.69, 9.17) is 4.98 Å². The van der Waals surface area contributed by atoms with Crippen molar-refractivity contribution in [2.45, 2.75) is 62.6 Å². The molecule has 5 rings (SSSR count). The number of thioether (sulfide) groups is 1. The van der Waals surface area contributed by atoms with E-state index in [9.17, 15) is 14.4 Å². The quantitative estimate of drug-likeness (QED) is 0.441. The van der Waals surface area contributed by atoms with Crippen molar-refractivity contribution < 1.29 is 9.59 Å². The highest BCUT2D eigenvalue weighted by Crippen LogP contribution is 2.37. The highest BCUT2D eigenvalue weighted by Gasteiger charge is 2.27. The van der Waals surface area contributed by atoms with Crippen LogP contribution in [0.1, 0.15) is 65.4 Å². The first-order valence-electron chi connectivity index (χ1n) is 11.2. The summed E-state index contributed by atoms with van der Waals surface area (Å²) in [5, 5.41) is 3.82. The predicted octanol–water partition coefficient (Wildman–Crippen LogP) is 4.50. The van der Waals surface area contributed by atoms with E-state index in [-0.39, 0.29) is 23.3 Å². The molecule has 6 nitrogen and oxygen atoms in total. The monoisotopic (exact) mass is 467 g/mol. The summed E-state index contributed by atoms with van der Waals surface area (Å²) in [6.45, 7) is 0. The fourth-order valence-corrected chi connectivity index (χ4v) is 6.91. The Balaban J connectivity index is 1.42. The molecule has 0 radical (unpaired) electrons. The minimum Gasteiger partial charge on any atom is -0.292 e. The Kier molecular flexibility index (Phi) is 6.15. The van der Waals surface area contributed by atoms with Gasteiger partial charge in [-0.2, -0.15) is 0 Å². The van der Waals surface area contributed by atoms with Gasteiger partial charge < -0.3 is 0 Å². The number of fused-ring (bicyclic) bond motifs is 3. The van der Waals surface area contributed by atoms with Gasteiger partial charge >= 0.3 is 0 Å². The van der Waals surface area contributed by atoms with E-state index in [0.717, 1.165) is 61.6 Å². The maximum Gasteiger partial charge on any atom is 0.263 e. The maximum atomic E-state index is 13.6. The summed E-state index contributed by atoms with van der Waals surface area (Å²) in [5.41, 5.74) is 1.69. The first-order chi connectivity index (χ1) is 15.6. The van der Waals surface area contributed by atoms with Crippen molar-refractivity contribution in [1.82, 2.24) is 14.9 Å². The molecular formula is C24H25N3O3S2. The first kappa shape index (κ1) is 21.4. The second-order valence-electron chi connectivity index (χ2n) is 8.43. The van der Waals surface area contributed by atoms with Gasteiger partial charge in [0.25, 0.3) is 11.5 Å². The van der Waals surface area contributed by atoms with Crippen molar-refractivity contribution in [1.29, 1.82) is 0 Å². The van der Waals surface area contributed by atoms with Crippen LogP contribution >= 0.6 is 23.1 Å². The van der Waals surface area contributed by atoms with Crippen LogP contribution in [0.4, 0.5) is 0 Å². The van der Waals surface area contributed by atoms with Crippen LogP contribution in [0.15, 0.2) is 40.3 Å². The number of aromatic nitrogens is 2. The summed E-state index contributed by atoms with van der Waals surface area (Å²) in [6.07, 6.45) is 8.39. The van der Waals surface area contributed by atoms with Gasteiger partial charge in [-0.3, -0.25) is 24.3 Å². The van der Waals surface area contributed by atoms with Crippen LogP contribution in [0.2, 0.25) is 0 Å². The first-order valence-corrected chi connectivity index (χ1v) is 13.0. The van der Waals surface area contributed by atoms with Crippen LogP contribution in [0.5, 0.6) is 0 Å². The van der Waals surface area contributed by atoms with Crippen LogP contribution in [-0.4, -0.2) is 27.1 Å². The number of hydrogen-bond donors (Lipinski definition) is 1. The molecule has 8 heteroatoms. The number of amides is 2. The van der Waals surface area contributed by atoms with Crippen LogP contribution in [0.25, 0.3) is 10.2 Å². The maximum absolute atomic E-state index is 13.6. The Bertz CT molecular complexity index is 1230. The number of aryl methyl sites for hydroxylation is 2. The fourth-order valence-electron chi connectivity index (χ4n) is 4.74. The van der Waals surface area contributed by atoms with Crippen molar-refractivity contribution in [3.63, 3.8) is 0 Å². The third-order valence-corrected chi connectivity index (χ3v) is 8.44. The summed E-state index contributed by atoms with van der Waals surface area (Å²) < 4.78 is 1.84. The third-order valence-electron chi connectivity index (χ3n) is 6.30. The number of imide groups is 1. The summed E-state index contributed by atoms with van der Waals surface area (Å²) in [7, 11) is 0. The Morgan fingerprint density at radius 2 is 1.84 bits per heavy atom. The van der Waals surface area contributed by atoms with E-state index in [1.807, 2.05) is 10.6 Å². The molecular weight excluding hydrogens is 442 g/mol. The number of thiophene rings is 1. The molecule has 1 aromatic carbocycles. The molecule has 0 unspecified atom stereocenters. The number of carbonyl (C=O) groups excluding carboxylic acids is 2. The molecule has 2 aliphatic carbocycles. The zero-order chi connectivity index (χ0) is 22.1. The Hall–Kier alpha value is -2.45. The SMILES string of the molecule is O=C(CSc1nc2sc3c(c2c(=O)n1C1CCCC1)CCCC3)NC(=O)c1ccccc1. The summed E-state index contributed by atoms with van der Waals surface area (Å²) in [5.74, 6) is -0.769. The lowest BCUT2D eigenvalue weighted by atomic mass is 9.97. The zero-order valence-electron chi connectivity index (χ0n) is 17.8. The van der Waals surface area contributed by atoms with Crippen LogP contribution in [0, 0.1) is 0 Å². The molecule has 1 fully saturated rings. The van der Waals surface area contributed by atoms with E-state index in [1.165, 1.54) is 22.2 Å². The van der Waals surface area contributed by atoms with Gasteiger partial charge in [0.15, 0.2) is 5.16 Å². The lowest BCUT2D eigenvalue weighted by Gasteiger charge is -2.18. The van der Waals surface area contributed by atoms with Crippen molar-refractivity contribution in [3.05, 3.63) is 56.7 Å².